The molecule has 0 spiro atoms. The van der Waals surface area contributed by atoms with Gasteiger partial charge < -0.3 is 15.3 Å². The van der Waals surface area contributed by atoms with Crippen LogP contribution in [0.2, 0.25) is 0 Å². The normalized spacial score (nSPS) is 28.4. The number of carbonyl (C=O) groups is 6. The highest BCUT2D eigenvalue weighted by atomic mass is 32.2. The first-order chi connectivity index (χ1) is 17.0. The summed E-state index contributed by atoms with van der Waals surface area (Å²) >= 11 is 1.16. The first-order valence-corrected chi connectivity index (χ1v) is 12.4. The number of thioether (sulfide) groups is 1. The van der Waals surface area contributed by atoms with Gasteiger partial charge in [-0.05, 0) is 26.3 Å². The van der Waals surface area contributed by atoms with Gasteiger partial charge in [-0.25, -0.2) is 9.69 Å². The zero-order valence-corrected chi connectivity index (χ0v) is 20.8. The van der Waals surface area contributed by atoms with E-state index in [4.69, 9.17) is 0 Å². The van der Waals surface area contributed by atoms with Gasteiger partial charge >= 0.3 is 23.8 Å². The van der Waals surface area contributed by atoms with Gasteiger partial charge in [0.1, 0.15) is 18.1 Å². The molecule has 0 aliphatic carbocycles. The maximum Gasteiger partial charge on any atom is 0.334 e. The van der Waals surface area contributed by atoms with Crippen molar-refractivity contribution in [2.75, 3.05) is 19.6 Å². The summed E-state index contributed by atoms with van der Waals surface area (Å²) in [6, 6.07) is 3.42. The van der Waals surface area contributed by atoms with Crippen LogP contribution in [0.5, 0.6) is 0 Å². The largest absolute Gasteiger partial charge is 0.480 e. The van der Waals surface area contributed by atoms with Crippen molar-refractivity contribution in [3.05, 3.63) is 35.9 Å². The molecule has 4 atom stereocenters. The van der Waals surface area contributed by atoms with E-state index < -0.39 is 63.9 Å². The molecule has 3 saturated heterocycles. The fraction of sp³-hybridized carbons (Fsp3) is 0.478. The number of amides is 6. The van der Waals surface area contributed by atoms with Gasteiger partial charge in [0, 0.05) is 24.4 Å². The molecule has 36 heavy (non-hydrogen) atoms. The minimum Gasteiger partial charge on any atom is -0.480 e. The molecular formula is C23H27N5O7S. The maximum absolute atomic E-state index is 13.8. The SMILES string of the molecule is CCN1CCN(C(=O)N2C(=O)C(C3N[C@@H](C(=O)O)C(C)(C)S3)NC(=O)[C@H]2c2ccccc2)C(=O)C1=O. The average Bonchev–Trinajstić information content (AvgIpc) is 3.17. The summed E-state index contributed by atoms with van der Waals surface area (Å²) in [6.45, 7) is 5.37. The Labute approximate surface area is 211 Å². The Balaban J connectivity index is 1.70. The third kappa shape index (κ3) is 4.32. The number of urea groups is 1. The topological polar surface area (TPSA) is 156 Å². The Hall–Kier alpha value is -3.45. The number of nitrogens with one attached hydrogen (secondary N) is 2. The third-order valence-corrected chi connectivity index (χ3v) is 8.06. The lowest BCUT2D eigenvalue weighted by atomic mass is 9.99. The van der Waals surface area contributed by atoms with Gasteiger partial charge in [0.2, 0.25) is 5.91 Å². The van der Waals surface area contributed by atoms with Gasteiger partial charge in [0.15, 0.2) is 0 Å². The van der Waals surface area contributed by atoms with E-state index in [2.05, 4.69) is 10.6 Å². The Morgan fingerprint density at radius 1 is 1.08 bits per heavy atom. The number of carbonyl (C=O) groups excluding carboxylic acids is 5. The zero-order valence-electron chi connectivity index (χ0n) is 20.0. The molecule has 13 heteroatoms. The molecule has 3 heterocycles. The molecule has 12 nitrogen and oxygen atoms in total. The fourth-order valence-corrected chi connectivity index (χ4v) is 6.13. The van der Waals surface area contributed by atoms with Crippen molar-refractivity contribution in [2.45, 2.75) is 49.0 Å². The van der Waals surface area contributed by atoms with E-state index in [-0.39, 0.29) is 19.6 Å². The molecule has 1 aromatic rings. The number of carboxylic acids is 1. The van der Waals surface area contributed by atoms with E-state index in [0.29, 0.717) is 10.5 Å². The quantitative estimate of drug-likeness (QED) is 0.459. The number of aliphatic carboxylic acids is 1. The average molecular weight is 518 g/mol. The minimum absolute atomic E-state index is 0.106. The molecule has 3 aliphatic heterocycles. The zero-order chi connectivity index (χ0) is 26.4. The monoisotopic (exact) mass is 517 g/mol. The van der Waals surface area contributed by atoms with Gasteiger partial charge in [0.05, 0.1) is 5.37 Å². The Morgan fingerprint density at radius 2 is 1.75 bits per heavy atom. The van der Waals surface area contributed by atoms with Crippen LogP contribution in [0, 0.1) is 0 Å². The smallest absolute Gasteiger partial charge is 0.334 e. The predicted molar refractivity (Wildman–Crippen MR) is 127 cm³/mol. The number of nitrogens with zero attached hydrogens (tertiary/aromatic N) is 3. The second-order valence-corrected chi connectivity index (χ2v) is 11.0. The summed E-state index contributed by atoms with van der Waals surface area (Å²) in [4.78, 5) is 80.4. The lowest BCUT2D eigenvalue weighted by Gasteiger charge is -2.42. The van der Waals surface area contributed by atoms with Crippen molar-refractivity contribution in [1.29, 1.82) is 0 Å². The molecule has 0 bridgehead atoms. The van der Waals surface area contributed by atoms with Crippen LogP contribution < -0.4 is 10.6 Å². The van der Waals surface area contributed by atoms with Crippen LogP contribution in [0.1, 0.15) is 32.4 Å². The summed E-state index contributed by atoms with van der Waals surface area (Å²) in [6.07, 6.45) is 0. The number of likely N-dealkylation sites (N-methyl/N-ethyl adjacent to an activating group) is 1. The first-order valence-electron chi connectivity index (χ1n) is 11.5. The highest BCUT2D eigenvalue weighted by Crippen LogP contribution is 2.41. The fourth-order valence-electron chi connectivity index (χ4n) is 4.65. The van der Waals surface area contributed by atoms with E-state index >= 15 is 0 Å². The van der Waals surface area contributed by atoms with Crippen molar-refractivity contribution in [3.8, 4) is 0 Å². The van der Waals surface area contributed by atoms with Gasteiger partial charge in [0.25, 0.3) is 5.91 Å². The van der Waals surface area contributed by atoms with Gasteiger partial charge in [-0.1, -0.05) is 30.3 Å². The number of imide groups is 2. The predicted octanol–water partition coefficient (Wildman–Crippen LogP) is -0.240. The number of rotatable bonds is 4. The highest BCUT2D eigenvalue weighted by Gasteiger charge is 2.55. The van der Waals surface area contributed by atoms with Gasteiger partial charge in [-0.2, -0.15) is 0 Å². The lowest BCUT2D eigenvalue weighted by Crippen LogP contribution is -2.68. The molecule has 1 aromatic carbocycles. The Morgan fingerprint density at radius 3 is 2.33 bits per heavy atom. The Kier molecular flexibility index (Phi) is 6.80. The number of hydrogen-bond donors (Lipinski definition) is 3. The molecule has 4 rings (SSSR count). The first kappa shape index (κ1) is 25.6. The van der Waals surface area contributed by atoms with Crippen LogP contribution >= 0.6 is 11.8 Å². The van der Waals surface area contributed by atoms with E-state index in [1.807, 2.05) is 0 Å². The number of benzene rings is 1. The van der Waals surface area contributed by atoms with Gasteiger partial charge in [-0.3, -0.25) is 34.2 Å². The molecule has 3 aliphatic rings. The lowest BCUT2D eigenvalue weighted by molar-refractivity contribution is -0.155. The molecule has 0 saturated carbocycles. The molecule has 192 valence electrons. The van der Waals surface area contributed by atoms with Crippen molar-refractivity contribution in [3.63, 3.8) is 0 Å². The van der Waals surface area contributed by atoms with Gasteiger partial charge in [-0.15, -0.1) is 11.8 Å². The summed E-state index contributed by atoms with van der Waals surface area (Å²) in [5.41, 5.74) is 0.344. The van der Waals surface area contributed by atoms with Crippen LogP contribution in [-0.4, -0.2) is 97.3 Å². The van der Waals surface area contributed by atoms with Crippen molar-refractivity contribution >= 4 is 47.4 Å². The Bertz CT molecular complexity index is 1130. The van der Waals surface area contributed by atoms with Crippen LogP contribution in [0.15, 0.2) is 30.3 Å². The van der Waals surface area contributed by atoms with Crippen LogP contribution in [0.3, 0.4) is 0 Å². The summed E-state index contributed by atoms with van der Waals surface area (Å²) in [5, 5.41) is 14.3. The van der Waals surface area contributed by atoms with Crippen molar-refractivity contribution in [1.82, 2.24) is 25.3 Å². The maximum atomic E-state index is 13.8. The van der Waals surface area contributed by atoms with Crippen LogP contribution in [0.25, 0.3) is 0 Å². The van der Waals surface area contributed by atoms with Crippen molar-refractivity contribution in [2.24, 2.45) is 0 Å². The highest BCUT2D eigenvalue weighted by molar-refractivity contribution is 8.01. The van der Waals surface area contributed by atoms with E-state index in [9.17, 15) is 33.9 Å². The summed E-state index contributed by atoms with van der Waals surface area (Å²) < 4.78 is -0.814. The third-order valence-electron chi connectivity index (χ3n) is 6.56. The number of piperazine rings is 2. The van der Waals surface area contributed by atoms with Crippen LogP contribution in [0.4, 0.5) is 4.79 Å². The van der Waals surface area contributed by atoms with Crippen molar-refractivity contribution < 1.29 is 33.9 Å². The molecule has 6 amide bonds. The molecule has 3 N–H and O–H groups in total. The number of carboxylic acid groups (broad SMARTS) is 1. The standard InChI is InChI=1S/C23H27N5O7S/c1-4-26-10-11-27(20(32)19(26)31)22(35)28-14(12-8-6-5-7-9-12)16(29)24-13(18(28)30)17-25-15(21(33)34)23(2,3)36-17/h5-9,13-15,17,25H,4,10-11H2,1-3H3,(H,24,29)(H,33,34)/t13?,14-,15+,17?/m1/s1. The molecule has 0 radical (unpaired) electrons. The summed E-state index contributed by atoms with van der Waals surface area (Å²) in [7, 11) is 0. The second-order valence-electron chi connectivity index (χ2n) is 9.21. The molecule has 2 unspecified atom stereocenters. The molecule has 0 aromatic heterocycles. The summed E-state index contributed by atoms with van der Waals surface area (Å²) in [5.74, 6) is -4.52. The van der Waals surface area contributed by atoms with E-state index in [1.54, 1.807) is 51.1 Å². The molecule has 3 fully saturated rings. The number of hydrogen-bond acceptors (Lipinski definition) is 8. The van der Waals surface area contributed by atoms with E-state index in [0.717, 1.165) is 16.7 Å². The second kappa shape index (κ2) is 9.54. The minimum atomic E-state index is -1.37. The van der Waals surface area contributed by atoms with E-state index in [1.165, 1.54) is 4.90 Å². The van der Waals surface area contributed by atoms with Crippen LogP contribution in [-0.2, 0) is 24.0 Å². The molecular weight excluding hydrogens is 490 g/mol.